The summed E-state index contributed by atoms with van der Waals surface area (Å²) >= 11 is 1.19. The number of ether oxygens (including phenoxy) is 2. The Hall–Kier alpha value is -2.50. The van der Waals surface area contributed by atoms with Crippen LogP contribution >= 0.6 is 11.8 Å². The Morgan fingerprint density at radius 3 is 2.68 bits per heavy atom. The molecule has 0 saturated heterocycles. The van der Waals surface area contributed by atoms with Crippen molar-refractivity contribution < 1.29 is 27.8 Å². The van der Waals surface area contributed by atoms with Crippen LogP contribution in [0.4, 0.5) is 13.2 Å². The number of rotatable bonds is 10. The number of nitrogens with zero attached hydrogens (tertiary/aromatic N) is 2. The van der Waals surface area contributed by atoms with E-state index in [2.05, 4.69) is 9.97 Å². The van der Waals surface area contributed by atoms with E-state index in [-0.39, 0.29) is 23.7 Å². The van der Waals surface area contributed by atoms with E-state index in [4.69, 9.17) is 9.47 Å². The maximum absolute atomic E-state index is 13.0. The van der Waals surface area contributed by atoms with Crippen LogP contribution < -0.4 is 10.3 Å². The van der Waals surface area contributed by atoms with Crippen LogP contribution in [0.1, 0.15) is 13.3 Å². The fourth-order valence-electron chi connectivity index (χ4n) is 2.74. The molecule has 3 aromatic rings. The number of hydrogen-bond donors (Lipinski definition) is 2. The Morgan fingerprint density at radius 1 is 1.26 bits per heavy atom. The highest BCUT2D eigenvalue weighted by Crippen LogP contribution is 2.24. The fourth-order valence-corrected chi connectivity index (χ4v) is 3.66. The minimum absolute atomic E-state index is 0.0285. The molecule has 0 spiro atoms. The zero-order valence-corrected chi connectivity index (χ0v) is 17.5. The number of aliphatic hydroxyl groups is 1. The standard InChI is InChI=1S/C20H22F3N3O4S/c1-2-9-29-10-14(27)11-31-19-25-16-7-8-24-17(16)18(28)26(19)13-3-5-15(6-4-13)30-12-20(21,22)23/h3-8,14,24,27H,2,9-12H2,1H3. The summed E-state index contributed by atoms with van der Waals surface area (Å²) in [4.78, 5) is 20.4. The Kier molecular flexibility index (Phi) is 7.63. The van der Waals surface area contributed by atoms with Crippen molar-refractivity contribution in [3.05, 3.63) is 46.9 Å². The monoisotopic (exact) mass is 457 g/mol. The third kappa shape index (κ3) is 6.25. The Morgan fingerprint density at radius 2 is 2.00 bits per heavy atom. The highest BCUT2D eigenvalue weighted by Gasteiger charge is 2.28. The first-order valence-corrected chi connectivity index (χ1v) is 10.6. The second-order valence-corrected chi connectivity index (χ2v) is 7.70. The molecule has 11 heteroatoms. The number of benzene rings is 1. The van der Waals surface area contributed by atoms with E-state index in [0.717, 1.165) is 6.42 Å². The molecule has 0 aliphatic rings. The topological polar surface area (TPSA) is 89.4 Å². The summed E-state index contributed by atoms with van der Waals surface area (Å²) in [5, 5.41) is 10.5. The normalized spacial score (nSPS) is 12.9. The van der Waals surface area contributed by atoms with Gasteiger partial charge in [0.1, 0.15) is 11.3 Å². The third-order valence-corrected chi connectivity index (χ3v) is 5.19. The molecule has 31 heavy (non-hydrogen) atoms. The summed E-state index contributed by atoms with van der Waals surface area (Å²) in [6.07, 6.45) is -2.75. The largest absolute Gasteiger partial charge is 0.484 e. The van der Waals surface area contributed by atoms with Gasteiger partial charge < -0.3 is 19.6 Å². The number of aliphatic hydroxyl groups excluding tert-OH is 1. The summed E-state index contributed by atoms with van der Waals surface area (Å²) in [5.74, 6) is 0.277. The van der Waals surface area contributed by atoms with Crippen molar-refractivity contribution >= 4 is 22.8 Å². The van der Waals surface area contributed by atoms with Crippen molar-refractivity contribution in [1.82, 2.24) is 14.5 Å². The van der Waals surface area contributed by atoms with Gasteiger partial charge in [0.05, 0.1) is 23.9 Å². The Balaban J connectivity index is 1.85. The lowest BCUT2D eigenvalue weighted by atomic mass is 10.3. The van der Waals surface area contributed by atoms with Gasteiger partial charge in [-0.25, -0.2) is 4.98 Å². The van der Waals surface area contributed by atoms with Gasteiger partial charge in [-0.1, -0.05) is 18.7 Å². The molecular weight excluding hydrogens is 435 g/mol. The summed E-state index contributed by atoms with van der Waals surface area (Å²) < 4.78 is 48.4. The van der Waals surface area contributed by atoms with Crippen LogP contribution in [0, 0.1) is 0 Å². The van der Waals surface area contributed by atoms with E-state index in [1.165, 1.54) is 40.6 Å². The SMILES string of the molecule is CCCOCC(O)CSc1nc2cc[nH]c2c(=O)n1-c1ccc(OCC(F)(F)F)cc1. The quantitative estimate of drug-likeness (QED) is 0.275. The van der Waals surface area contributed by atoms with Gasteiger partial charge in [0.2, 0.25) is 0 Å². The van der Waals surface area contributed by atoms with Crippen LogP contribution in [0.2, 0.25) is 0 Å². The number of fused-ring (bicyclic) bond motifs is 1. The molecule has 1 unspecified atom stereocenters. The molecular formula is C20H22F3N3O4S. The number of halogens is 3. The van der Waals surface area contributed by atoms with Crippen molar-refractivity contribution in [3.63, 3.8) is 0 Å². The van der Waals surface area contributed by atoms with Crippen LogP contribution in [0.25, 0.3) is 16.7 Å². The zero-order valence-electron chi connectivity index (χ0n) is 16.7. The highest BCUT2D eigenvalue weighted by atomic mass is 32.2. The van der Waals surface area contributed by atoms with Gasteiger partial charge in [0.25, 0.3) is 5.56 Å². The van der Waals surface area contributed by atoms with E-state index >= 15 is 0 Å². The molecule has 0 saturated carbocycles. The number of nitrogens with one attached hydrogen (secondary N) is 1. The molecule has 2 heterocycles. The second kappa shape index (κ2) is 10.2. The van der Waals surface area contributed by atoms with Gasteiger partial charge in [-0.3, -0.25) is 9.36 Å². The molecule has 1 atom stereocenters. The molecule has 0 aliphatic carbocycles. The second-order valence-electron chi connectivity index (χ2n) is 6.71. The van der Waals surface area contributed by atoms with Gasteiger partial charge >= 0.3 is 6.18 Å². The smallest absolute Gasteiger partial charge is 0.422 e. The maximum atomic E-state index is 13.0. The van der Waals surface area contributed by atoms with E-state index in [0.29, 0.717) is 28.5 Å². The van der Waals surface area contributed by atoms with E-state index in [1.54, 1.807) is 12.3 Å². The minimum atomic E-state index is -4.44. The van der Waals surface area contributed by atoms with Crippen LogP contribution in [-0.2, 0) is 4.74 Å². The number of thioether (sulfide) groups is 1. The molecule has 2 N–H and O–H groups in total. The lowest BCUT2D eigenvalue weighted by Gasteiger charge is -2.15. The Bertz CT molecular complexity index is 1050. The lowest BCUT2D eigenvalue weighted by molar-refractivity contribution is -0.153. The fraction of sp³-hybridized carbons (Fsp3) is 0.400. The highest BCUT2D eigenvalue weighted by molar-refractivity contribution is 7.99. The van der Waals surface area contributed by atoms with Gasteiger partial charge in [0.15, 0.2) is 11.8 Å². The molecule has 0 bridgehead atoms. The number of alkyl halides is 3. The molecule has 0 amide bonds. The van der Waals surface area contributed by atoms with Gasteiger partial charge in [-0.2, -0.15) is 13.2 Å². The molecule has 3 rings (SSSR count). The summed E-state index contributed by atoms with van der Waals surface area (Å²) in [7, 11) is 0. The molecule has 1 aromatic carbocycles. The van der Waals surface area contributed by atoms with Crippen molar-refractivity contribution in [2.75, 3.05) is 25.6 Å². The summed E-state index contributed by atoms with van der Waals surface area (Å²) in [6, 6.07) is 7.34. The minimum Gasteiger partial charge on any atom is -0.484 e. The predicted octanol–water partition coefficient (Wildman–Crippen LogP) is 3.53. The van der Waals surface area contributed by atoms with E-state index in [9.17, 15) is 23.1 Å². The molecule has 2 aromatic heterocycles. The maximum Gasteiger partial charge on any atom is 0.422 e. The summed E-state index contributed by atoms with van der Waals surface area (Å²) in [5.41, 5.74) is 0.824. The first-order valence-electron chi connectivity index (χ1n) is 9.57. The number of H-pyrrole nitrogens is 1. The first kappa shape index (κ1) is 23.2. The van der Waals surface area contributed by atoms with Crippen LogP contribution in [-0.4, -0.2) is 57.5 Å². The van der Waals surface area contributed by atoms with E-state index < -0.39 is 18.9 Å². The number of aromatic nitrogens is 3. The average Bonchev–Trinajstić information content (AvgIpc) is 3.20. The predicted molar refractivity (Wildman–Crippen MR) is 111 cm³/mol. The van der Waals surface area contributed by atoms with Crippen molar-refractivity contribution in [2.24, 2.45) is 0 Å². The third-order valence-electron chi connectivity index (χ3n) is 4.11. The Labute approximate surface area is 180 Å². The van der Waals surface area contributed by atoms with Crippen LogP contribution in [0.5, 0.6) is 5.75 Å². The first-order chi connectivity index (χ1) is 14.8. The van der Waals surface area contributed by atoms with Crippen LogP contribution in [0.3, 0.4) is 0 Å². The van der Waals surface area contributed by atoms with Crippen molar-refractivity contribution in [3.8, 4) is 11.4 Å². The molecule has 0 radical (unpaired) electrons. The molecule has 0 fully saturated rings. The van der Waals surface area contributed by atoms with Gasteiger partial charge in [0, 0.05) is 18.6 Å². The number of aromatic amines is 1. The molecule has 7 nitrogen and oxygen atoms in total. The van der Waals surface area contributed by atoms with Crippen molar-refractivity contribution in [2.45, 2.75) is 30.8 Å². The zero-order chi connectivity index (χ0) is 22.4. The lowest BCUT2D eigenvalue weighted by Crippen LogP contribution is -2.23. The average molecular weight is 457 g/mol. The summed E-state index contributed by atoms with van der Waals surface area (Å²) in [6.45, 7) is 1.28. The van der Waals surface area contributed by atoms with E-state index in [1.807, 2.05) is 6.92 Å². The van der Waals surface area contributed by atoms with Crippen molar-refractivity contribution in [1.29, 1.82) is 0 Å². The molecule has 0 aliphatic heterocycles. The molecule has 168 valence electrons. The number of hydrogen-bond acceptors (Lipinski definition) is 6. The van der Waals surface area contributed by atoms with Gasteiger partial charge in [-0.15, -0.1) is 0 Å². The van der Waals surface area contributed by atoms with Gasteiger partial charge in [-0.05, 0) is 36.8 Å². The van der Waals surface area contributed by atoms with Crippen LogP contribution in [0.15, 0.2) is 46.5 Å².